The zero-order valence-corrected chi connectivity index (χ0v) is 11.0. The fourth-order valence-electron chi connectivity index (χ4n) is 2.29. The van der Waals surface area contributed by atoms with Gasteiger partial charge in [-0.3, -0.25) is 10.1 Å². The molecule has 0 fully saturated rings. The second kappa shape index (κ2) is 5.59. The Balaban J connectivity index is 2.87. The van der Waals surface area contributed by atoms with Crippen LogP contribution in [0.4, 0.5) is 5.69 Å². The molecular weight excluding hydrogens is 282 g/mol. The standard InChI is InChI=1S/C15H5N5O2/c16-5-9(6-17)13-4-14(10(7-18)8-19)15-3-11(20(21)22)1-2-12(13)15/h1-3H,4H2. The molecule has 0 N–H and O–H groups in total. The van der Waals surface area contributed by atoms with Crippen LogP contribution in [-0.4, -0.2) is 4.92 Å². The van der Waals surface area contributed by atoms with E-state index in [2.05, 4.69) is 0 Å². The minimum atomic E-state index is -0.590. The lowest BCUT2D eigenvalue weighted by Crippen LogP contribution is -1.91. The number of hydrogen-bond donors (Lipinski definition) is 0. The van der Waals surface area contributed by atoms with Gasteiger partial charge in [-0.2, -0.15) is 21.0 Å². The first-order valence-electron chi connectivity index (χ1n) is 5.93. The van der Waals surface area contributed by atoms with Gasteiger partial charge in [0.15, 0.2) is 0 Å². The number of benzene rings is 1. The first-order chi connectivity index (χ1) is 10.6. The van der Waals surface area contributed by atoms with Gasteiger partial charge in [-0.25, -0.2) is 0 Å². The number of nitro groups is 1. The average Bonchev–Trinajstić information content (AvgIpc) is 2.89. The van der Waals surface area contributed by atoms with Crippen LogP contribution in [0, 0.1) is 55.4 Å². The highest BCUT2D eigenvalue weighted by Crippen LogP contribution is 2.44. The van der Waals surface area contributed by atoms with Crippen LogP contribution in [0.5, 0.6) is 0 Å². The Labute approximate surface area is 125 Å². The van der Waals surface area contributed by atoms with E-state index in [1.807, 2.05) is 0 Å². The Kier molecular flexibility index (Phi) is 3.68. The molecule has 0 saturated carbocycles. The highest BCUT2D eigenvalue weighted by Gasteiger charge is 2.28. The van der Waals surface area contributed by atoms with E-state index in [4.69, 9.17) is 21.0 Å². The third-order valence-electron chi connectivity index (χ3n) is 3.27. The summed E-state index contributed by atoms with van der Waals surface area (Å²) >= 11 is 0. The Morgan fingerprint density at radius 1 is 0.955 bits per heavy atom. The number of nitrogens with zero attached hydrogens (tertiary/aromatic N) is 5. The summed E-state index contributed by atoms with van der Waals surface area (Å²) in [6, 6.07) is 10.9. The van der Waals surface area contributed by atoms with Crippen LogP contribution < -0.4 is 0 Å². The molecule has 1 aromatic rings. The Morgan fingerprint density at radius 2 is 1.45 bits per heavy atom. The summed E-state index contributed by atoms with van der Waals surface area (Å²) in [7, 11) is 0. The maximum absolute atomic E-state index is 10.9. The van der Waals surface area contributed by atoms with Crippen LogP contribution in [0.3, 0.4) is 0 Å². The van der Waals surface area contributed by atoms with E-state index >= 15 is 0 Å². The molecule has 22 heavy (non-hydrogen) atoms. The van der Waals surface area contributed by atoms with Crippen molar-refractivity contribution < 1.29 is 4.92 Å². The molecule has 0 atom stereocenters. The van der Waals surface area contributed by atoms with E-state index in [1.165, 1.54) is 18.2 Å². The van der Waals surface area contributed by atoms with Gasteiger partial charge >= 0.3 is 0 Å². The molecule has 7 nitrogen and oxygen atoms in total. The maximum atomic E-state index is 10.9. The van der Waals surface area contributed by atoms with Gasteiger partial charge in [0, 0.05) is 18.6 Å². The van der Waals surface area contributed by atoms with E-state index in [9.17, 15) is 10.1 Å². The van der Waals surface area contributed by atoms with Crippen molar-refractivity contribution in [3.63, 3.8) is 0 Å². The minimum Gasteiger partial charge on any atom is -0.258 e. The number of non-ortho nitro benzene ring substituents is 1. The van der Waals surface area contributed by atoms with E-state index in [1.54, 1.807) is 24.3 Å². The number of fused-ring (bicyclic) bond motifs is 1. The Morgan fingerprint density at radius 3 is 1.91 bits per heavy atom. The Bertz CT molecular complexity index is 895. The number of nitro benzene ring substituents is 1. The van der Waals surface area contributed by atoms with Crippen LogP contribution in [0.1, 0.15) is 17.5 Å². The summed E-state index contributed by atoms with van der Waals surface area (Å²) in [5, 5.41) is 46.9. The summed E-state index contributed by atoms with van der Waals surface area (Å²) < 4.78 is 0. The molecule has 0 spiro atoms. The number of rotatable bonds is 1. The molecule has 1 aromatic carbocycles. The number of allylic oxidation sites excluding steroid dienone is 4. The summed E-state index contributed by atoms with van der Waals surface area (Å²) in [6.45, 7) is 0. The molecule has 0 aromatic heterocycles. The first-order valence-corrected chi connectivity index (χ1v) is 5.93. The van der Waals surface area contributed by atoms with Crippen molar-refractivity contribution in [1.29, 1.82) is 21.0 Å². The summed E-state index contributed by atoms with van der Waals surface area (Å²) in [5.74, 6) is 0. The minimum absolute atomic E-state index is 0.0450. The maximum Gasteiger partial charge on any atom is 0.270 e. The molecule has 0 radical (unpaired) electrons. The second-order valence-corrected chi connectivity index (χ2v) is 4.32. The fourth-order valence-corrected chi connectivity index (χ4v) is 2.29. The van der Waals surface area contributed by atoms with Crippen molar-refractivity contribution in [3.05, 3.63) is 50.6 Å². The molecule has 0 aliphatic heterocycles. The van der Waals surface area contributed by atoms with E-state index in [0.717, 1.165) is 0 Å². The lowest BCUT2D eigenvalue weighted by atomic mass is 10.0. The van der Waals surface area contributed by atoms with Crippen molar-refractivity contribution in [3.8, 4) is 24.3 Å². The SMILES string of the molecule is N#CC(C#N)=C1CC(=C(C#N)C#N)c2cc([N+](=O)[O-])ccc21. The monoisotopic (exact) mass is 287 g/mol. The van der Waals surface area contributed by atoms with Crippen molar-refractivity contribution in [1.82, 2.24) is 0 Å². The normalized spacial score (nSPS) is 11.5. The molecule has 0 amide bonds. The molecule has 2 rings (SSSR count). The van der Waals surface area contributed by atoms with E-state index in [0.29, 0.717) is 22.3 Å². The number of hydrogen-bond acceptors (Lipinski definition) is 6. The lowest BCUT2D eigenvalue weighted by Gasteiger charge is -2.01. The van der Waals surface area contributed by atoms with Gasteiger partial charge in [-0.15, -0.1) is 0 Å². The van der Waals surface area contributed by atoms with Crippen LogP contribution >= 0.6 is 0 Å². The third kappa shape index (κ3) is 2.16. The van der Waals surface area contributed by atoms with Gasteiger partial charge < -0.3 is 0 Å². The second-order valence-electron chi connectivity index (χ2n) is 4.32. The highest BCUT2D eigenvalue weighted by molar-refractivity contribution is 5.98. The van der Waals surface area contributed by atoms with E-state index in [-0.39, 0.29) is 23.3 Å². The highest BCUT2D eigenvalue weighted by atomic mass is 16.6. The van der Waals surface area contributed by atoms with Crippen molar-refractivity contribution >= 4 is 16.8 Å². The van der Waals surface area contributed by atoms with Gasteiger partial charge in [0.25, 0.3) is 5.69 Å². The predicted octanol–water partition coefficient (Wildman–Crippen LogP) is 2.60. The molecule has 1 aliphatic carbocycles. The van der Waals surface area contributed by atoms with Gasteiger partial charge in [0.1, 0.15) is 35.4 Å². The summed E-state index contributed by atoms with van der Waals surface area (Å²) in [4.78, 5) is 10.3. The van der Waals surface area contributed by atoms with Gasteiger partial charge in [0.2, 0.25) is 0 Å². The average molecular weight is 287 g/mol. The molecule has 1 aliphatic rings. The van der Waals surface area contributed by atoms with Crippen molar-refractivity contribution in [2.75, 3.05) is 0 Å². The van der Waals surface area contributed by atoms with Crippen LogP contribution in [0.15, 0.2) is 29.3 Å². The van der Waals surface area contributed by atoms with Gasteiger partial charge in [-0.1, -0.05) is 0 Å². The molecule has 0 heterocycles. The van der Waals surface area contributed by atoms with Crippen LogP contribution in [0.25, 0.3) is 11.1 Å². The van der Waals surface area contributed by atoms with Crippen molar-refractivity contribution in [2.24, 2.45) is 0 Å². The summed E-state index contributed by atoms with van der Waals surface area (Å²) in [6.07, 6.45) is 0.0450. The molecule has 102 valence electrons. The van der Waals surface area contributed by atoms with E-state index < -0.39 is 4.92 Å². The third-order valence-corrected chi connectivity index (χ3v) is 3.27. The van der Waals surface area contributed by atoms with Gasteiger partial charge in [-0.05, 0) is 28.3 Å². The van der Waals surface area contributed by atoms with Crippen LogP contribution in [0.2, 0.25) is 0 Å². The van der Waals surface area contributed by atoms with Crippen LogP contribution in [-0.2, 0) is 0 Å². The van der Waals surface area contributed by atoms with Crippen molar-refractivity contribution in [2.45, 2.75) is 6.42 Å². The summed E-state index contributed by atoms with van der Waals surface area (Å²) in [5.41, 5.74) is 0.942. The molecule has 0 saturated heterocycles. The molecular formula is C15H5N5O2. The van der Waals surface area contributed by atoms with Gasteiger partial charge in [0.05, 0.1) is 4.92 Å². The smallest absolute Gasteiger partial charge is 0.258 e. The quantitative estimate of drug-likeness (QED) is 0.442. The zero-order valence-electron chi connectivity index (χ0n) is 11.0. The first kappa shape index (κ1) is 14.5. The predicted molar refractivity (Wildman–Crippen MR) is 74.0 cm³/mol. The topological polar surface area (TPSA) is 138 Å². The number of nitriles is 4. The molecule has 7 heteroatoms. The largest absolute Gasteiger partial charge is 0.270 e. The lowest BCUT2D eigenvalue weighted by molar-refractivity contribution is -0.384. The molecule has 0 bridgehead atoms. The fraction of sp³-hybridized carbons (Fsp3) is 0.0667. The molecule has 0 unspecified atom stereocenters. The zero-order chi connectivity index (χ0) is 16.3. The Hall–Kier alpha value is -3.94.